The van der Waals surface area contributed by atoms with Crippen LogP contribution in [-0.4, -0.2) is 5.78 Å². The van der Waals surface area contributed by atoms with E-state index < -0.39 is 0 Å². The molecule has 0 radical (unpaired) electrons. The number of hydrogen-bond acceptors (Lipinski definition) is 1. The second-order valence-electron chi connectivity index (χ2n) is 4.93. The Bertz CT molecular complexity index is 355. The first-order valence-corrected chi connectivity index (χ1v) is 5.70. The third-order valence-corrected chi connectivity index (χ3v) is 3.98. The van der Waals surface area contributed by atoms with Crippen molar-refractivity contribution < 1.29 is 4.79 Å². The number of Topliss-reactive ketones (excluding diaryl/α,β-unsaturated/α-hetero) is 1. The first kappa shape index (κ1) is 10.4. The van der Waals surface area contributed by atoms with Gasteiger partial charge in [-0.3, -0.25) is 4.79 Å². The number of hydrogen-bond donors (Lipinski definition) is 0. The fraction of sp³-hybridized carbons (Fsp3) is 0.500. The number of benzene rings is 1. The smallest absolute Gasteiger partial charge is 0.133 e. The molecule has 1 fully saturated rings. The predicted molar refractivity (Wildman–Crippen MR) is 61.8 cm³/mol. The van der Waals surface area contributed by atoms with E-state index in [0.29, 0.717) is 11.7 Å². The summed E-state index contributed by atoms with van der Waals surface area (Å²) in [5.41, 5.74) is 1.57. The fourth-order valence-corrected chi connectivity index (χ4v) is 2.56. The summed E-state index contributed by atoms with van der Waals surface area (Å²) in [7, 11) is 0. The van der Waals surface area contributed by atoms with Crippen molar-refractivity contribution in [3.63, 3.8) is 0 Å². The molecule has 0 spiro atoms. The molecular weight excluding hydrogens is 184 g/mol. The minimum absolute atomic E-state index is 0.190. The van der Waals surface area contributed by atoms with Crippen LogP contribution < -0.4 is 0 Å². The van der Waals surface area contributed by atoms with Gasteiger partial charge < -0.3 is 0 Å². The van der Waals surface area contributed by atoms with Crippen molar-refractivity contribution in [1.29, 1.82) is 0 Å². The van der Waals surface area contributed by atoms with Gasteiger partial charge >= 0.3 is 0 Å². The maximum absolute atomic E-state index is 11.4. The lowest BCUT2D eigenvalue weighted by Crippen LogP contribution is -2.36. The summed E-state index contributed by atoms with van der Waals surface area (Å²) in [6, 6.07) is 10.6. The van der Waals surface area contributed by atoms with Crippen molar-refractivity contribution in [3.8, 4) is 0 Å². The Kier molecular flexibility index (Phi) is 2.64. The third kappa shape index (κ3) is 1.83. The van der Waals surface area contributed by atoms with Gasteiger partial charge in [-0.2, -0.15) is 0 Å². The maximum atomic E-state index is 11.4. The molecule has 2 rings (SSSR count). The van der Waals surface area contributed by atoms with E-state index in [0.717, 1.165) is 19.3 Å². The van der Waals surface area contributed by atoms with Gasteiger partial charge in [0.2, 0.25) is 0 Å². The van der Waals surface area contributed by atoms with Crippen LogP contribution in [0.25, 0.3) is 0 Å². The molecule has 15 heavy (non-hydrogen) atoms. The molecule has 0 N–H and O–H groups in total. The van der Waals surface area contributed by atoms with E-state index in [2.05, 4.69) is 38.1 Å². The molecule has 80 valence electrons. The molecule has 1 aliphatic carbocycles. The number of carbonyl (C=O) groups excluding carboxylic acids is 1. The molecule has 0 saturated heterocycles. The molecule has 2 atom stereocenters. The van der Waals surface area contributed by atoms with Gasteiger partial charge in [-0.15, -0.1) is 0 Å². The largest absolute Gasteiger partial charge is 0.300 e. The minimum atomic E-state index is 0.190. The number of rotatable bonds is 1. The highest BCUT2D eigenvalue weighted by Gasteiger charge is 2.37. The summed E-state index contributed by atoms with van der Waals surface area (Å²) in [5, 5.41) is 0. The van der Waals surface area contributed by atoms with E-state index in [1.807, 2.05) is 6.07 Å². The highest BCUT2D eigenvalue weighted by Crippen LogP contribution is 2.41. The summed E-state index contributed by atoms with van der Waals surface area (Å²) in [6.07, 6.45) is 2.48. The van der Waals surface area contributed by atoms with Crippen molar-refractivity contribution in [2.24, 2.45) is 5.92 Å². The first-order valence-electron chi connectivity index (χ1n) is 5.70. The van der Waals surface area contributed by atoms with E-state index in [4.69, 9.17) is 0 Å². The topological polar surface area (TPSA) is 17.1 Å². The van der Waals surface area contributed by atoms with E-state index in [-0.39, 0.29) is 5.41 Å². The monoisotopic (exact) mass is 202 g/mol. The Balaban J connectivity index is 2.30. The lowest BCUT2D eigenvalue weighted by Gasteiger charge is -2.39. The zero-order chi connectivity index (χ0) is 10.9. The second kappa shape index (κ2) is 3.80. The Hall–Kier alpha value is -1.11. The summed E-state index contributed by atoms with van der Waals surface area (Å²) in [4.78, 5) is 11.4. The van der Waals surface area contributed by atoms with Gasteiger partial charge in [-0.1, -0.05) is 44.2 Å². The predicted octanol–water partition coefficient (Wildman–Crippen LogP) is 3.33. The van der Waals surface area contributed by atoms with Crippen molar-refractivity contribution in [3.05, 3.63) is 35.9 Å². The molecule has 1 saturated carbocycles. The van der Waals surface area contributed by atoms with Gasteiger partial charge in [0.1, 0.15) is 5.78 Å². The lowest BCUT2D eigenvalue weighted by atomic mass is 9.64. The zero-order valence-corrected chi connectivity index (χ0v) is 9.49. The molecule has 1 nitrogen and oxygen atoms in total. The third-order valence-electron chi connectivity index (χ3n) is 3.98. The summed E-state index contributed by atoms with van der Waals surface area (Å²) in [6.45, 7) is 4.49. The molecule has 2 unspecified atom stereocenters. The summed E-state index contributed by atoms with van der Waals surface area (Å²) in [5.74, 6) is 0.886. The van der Waals surface area contributed by atoms with Crippen LogP contribution in [0.3, 0.4) is 0 Å². The van der Waals surface area contributed by atoms with E-state index in [9.17, 15) is 4.79 Å². The molecule has 1 aromatic rings. The van der Waals surface area contributed by atoms with E-state index in [1.54, 1.807) is 0 Å². The maximum Gasteiger partial charge on any atom is 0.133 e. The highest BCUT2D eigenvalue weighted by molar-refractivity contribution is 5.80. The van der Waals surface area contributed by atoms with Gasteiger partial charge in [0, 0.05) is 12.8 Å². The fourth-order valence-electron chi connectivity index (χ4n) is 2.56. The van der Waals surface area contributed by atoms with E-state index >= 15 is 0 Å². The average molecular weight is 202 g/mol. The summed E-state index contributed by atoms with van der Waals surface area (Å²) >= 11 is 0. The van der Waals surface area contributed by atoms with Crippen LogP contribution in [0.5, 0.6) is 0 Å². The second-order valence-corrected chi connectivity index (χ2v) is 4.93. The molecule has 0 amide bonds. The van der Waals surface area contributed by atoms with Crippen LogP contribution in [0.15, 0.2) is 30.3 Å². The van der Waals surface area contributed by atoms with Crippen LogP contribution in [0, 0.1) is 5.92 Å². The Labute approximate surface area is 91.5 Å². The first-order chi connectivity index (χ1) is 7.13. The Morgan fingerprint density at radius 2 is 1.93 bits per heavy atom. The van der Waals surface area contributed by atoms with Crippen LogP contribution in [0.4, 0.5) is 0 Å². The van der Waals surface area contributed by atoms with Gasteiger partial charge in [-0.25, -0.2) is 0 Å². The molecule has 1 aliphatic rings. The molecule has 0 aromatic heterocycles. The Morgan fingerprint density at radius 1 is 1.27 bits per heavy atom. The number of ketones is 1. The van der Waals surface area contributed by atoms with Crippen LogP contribution in [0.2, 0.25) is 0 Å². The van der Waals surface area contributed by atoms with Crippen molar-refractivity contribution in [2.75, 3.05) is 0 Å². The van der Waals surface area contributed by atoms with Crippen molar-refractivity contribution >= 4 is 5.78 Å². The van der Waals surface area contributed by atoms with Gasteiger partial charge in [-0.05, 0) is 23.3 Å². The Morgan fingerprint density at radius 3 is 2.53 bits per heavy atom. The summed E-state index contributed by atoms with van der Waals surface area (Å²) < 4.78 is 0. The quantitative estimate of drug-likeness (QED) is 0.682. The van der Waals surface area contributed by atoms with Crippen LogP contribution >= 0.6 is 0 Å². The average Bonchev–Trinajstić information content (AvgIpc) is 2.25. The van der Waals surface area contributed by atoms with Gasteiger partial charge in [0.15, 0.2) is 0 Å². The van der Waals surface area contributed by atoms with Gasteiger partial charge in [0.25, 0.3) is 0 Å². The normalized spacial score (nSPS) is 31.6. The van der Waals surface area contributed by atoms with Crippen LogP contribution in [0.1, 0.15) is 38.7 Å². The standard InChI is InChI=1S/C14H18O/c1-11-10-13(15)8-9-14(11,2)12-6-4-3-5-7-12/h3-7,11H,8-10H2,1-2H3. The molecule has 0 heterocycles. The van der Waals surface area contributed by atoms with Crippen molar-refractivity contribution in [2.45, 2.75) is 38.5 Å². The van der Waals surface area contributed by atoms with Crippen molar-refractivity contribution in [1.82, 2.24) is 0 Å². The zero-order valence-electron chi connectivity index (χ0n) is 9.49. The minimum Gasteiger partial charge on any atom is -0.300 e. The molecule has 0 bridgehead atoms. The molecule has 1 aromatic carbocycles. The number of carbonyl (C=O) groups is 1. The molecular formula is C14H18O. The van der Waals surface area contributed by atoms with Crippen LogP contribution in [-0.2, 0) is 10.2 Å². The lowest BCUT2D eigenvalue weighted by molar-refractivity contribution is -0.122. The molecule has 1 heteroatoms. The highest BCUT2D eigenvalue weighted by atomic mass is 16.1. The SMILES string of the molecule is CC1CC(=O)CCC1(C)c1ccccc1. The van der Waals surface area contributed by atoms with Gasteiger partial charge in [0.05, 0.1) is 0 Å². The van der Waals surface area contributed by atoms with E-state index in [1.165, 1.54) is 5.56 Å². The molecule has 0 aliphatic heterocycles.